The fraction of sp³-hybridized carbons (Fsp3) is 0.158. The van der Waals surface area contributed by atoms with Gasteiger partial charge in [-0.3, -0.25) is 4.79 Å². The van der Waals surface area contributed by atoms with Crippen molar-refractivity contribution in [3.05, 3.63) is 76.5 Å². The minimum absolute atomic E-state index is 0.182. The summed E-state index contributed by atoms with van der Waals surface area (Å²) in [4.78, 5) is 16.6. The molecule has 1 aromatic heterocycles. The van der Waals surface area contributed by atoms with Crippen LogP contribution in [0.25, 0.3) is 11.4 Å². The lowest BCUT2D eigenvalue weighted by molar-refractivity contribution is 0.0952. The van der Waals surface area contributed by atoms with E-state index in [0.717, 1.165) is 24.4 Å². The minimum atomic E-state index is -0.182. The highest BCUT2D eigenvalue weighted by Crippen LogP contribution is 2.19. The quantitative estimate of drug-likeness (QED) is 0.637. The van der Waals surface area contributed by atoms with Crippen LogP contribution < -0.4 is 5.32 Å². The van der Waals surface area contributed by atoms with Crippen LogP contribution >= 0.6 is 23.2 Å². The Balaban J connectivity index is 1.54. The Morgan fingerprint density at radius 1 is 1.08 bits per heavy atom. The van der Waals surface area contributed by atoms with Gasteiger partial charge < -0.3 is 9.88 Å². The van der Waals surface area contributed by atoms with E-state index in [2.05, 4.69) is 14.9 Å². The van der Waals surface area contributed by atoms with E-state index in [9.17, 15) is 4.79 Å². The first-order chi connectivity index (χ1) is 12.1. The summed E-state index contributed by atoms with van der Waals surface area (Å²) < 4.78 is 2.08. The van der Waals surface area contributed by atoms with Crippen LogP contribution in [0.5, 0.6) is 0 Å². The lowest BCUT2D eigenvalue weighted by Crippen LogP contribution is -2.25. The van der Waals surface area contributed by atoms with E-state index in [4.69, 9.17) is 23.2 Å². The van der Waals surface area contributed by atoms with Crippen molar-refractivity contribution in [3.8, 4) is 11.4 Å². The first-order valence-electron chi connectivity index (χ1n) is 7.94. The van der Waals surface area contributed by atoms with Gasteiger partial charge >= 0.3 is 0 Å². The molecule has 128 valence electrons. The number of benzene rings is 2. The molecule has 6 heteroatoms. The number of rotatable bonds is 6. The van der Waals surface area contributed by atoms with Gasteiger partial charge in [0.1, 0.15) is 5.82 Å². The summed E-state index contributed by atoms with van der Waals surface area (Å²) in [5.74, 6) is 0.742. The molecular formula is C19H17Cl2N3O. The van der Waals surface area contributed by atoms with Crippen LogP contribution in [0.4, 0.5) is 0 Å². The van der Waals surface area contributed by atoms with Crippen LogP contribution in [-0.2, 0) is 6.54 Å². The second kappa shape index (κ2) is 8.19. The lowest BCUT2D eigenvalue weighted by atomic mass is 10.2. The van der Waals surface area contributed by atoms with Crippen molar-refractivity contribution in [1.82, 2.24) is 14.9 Å². The highest BCUT2D eigenvalue weighted by molar-refractivity contribution is 6.35. The third-order valence-corrected chi connectivity index (χ3v) is 4.17. The van der Waals surface area contributed by atoms with Crippen LogP contribution in [0, 0.1) is 0 Å². The Kier molecular flexibility index (Phi) is 5.74. The molecule has 0 unspecified atom stereocenters. The molecule has 0 fully saturated rings. The van der Waals surface area contributed by atoms with E-state index < -0.39 is 0 Å². The van der Waals surface area contributed by atoms with E-state index in [0.29, 0.717) is 22.2 Å². The SMILES string of the molecule is O=C(NCCCn1ccnc1-c1ccccc1)c1cc(Cl)cc(Cl)c1. The number of hydrogen-bond acceptors (Lipinski definition) is 2. The van der Waals surface area contributed by atoms with E-state index in [1.54, 1.807) is 24.4 Å². The fourth-order valence-electron chi connectivity index (χ4n) is 2.58. The van der Waals surface area contributed by atoms with Crippen LogP contribution in [0.1, 0.15) is 16.8 Å². The summed E-state index contributed by atoms with van der Waals surface area (Å²) in [5.41, 5.74) is 1.54. The van der Waals surface area contributed by atoms with Crippen LogP contribution in [-0.4, -0.2) is 22.0 Å². The van der Waals surface area contributed by atoms with Gasteiger partial charge in [-0.2, -0.15) is 0 Å². The molecule has 0 radical (unpaired) electrons. The zero-order chi connectivity index (χ0) is 17.6. The van der Waals surface area contributed by atoms with Crippen molar-refractivity contribution in [2.24, 2.45) is 0 Å². The molecule has 0 atom stereocenters. The number of halogens is 2. The van der Waals surface area contributed by atoms with E-state index >= 15 is 0 Å². The molecule has 1 heterocycles. The third-order valence-electron chi connectivity index (χ3n) is 3.73. The molecular weight excluding hydrogens is 357 g/mol. The van der Waals surface area contributed by atoms with Gasteiger partial charge in [0.2, 0.25) is 0 Å². The Morgan fingerprint density at radius 3 is 2.52 bits per heavy atom. The number of aromatic nitrogens is 2. The second-order valence-corrected chi connectivity index (χ2v) is 6.45. The predicted octanol–water partition coefficient (Wildman–Crippen LogP) is 4.68. The van der Waals surface area contributed by atoms with Crippen LogP contribution in [0.3, 0.4) is 0 Å². The first-order valence-corrected chi connectivity index (χ1v) is 8.70. The highest BCUT2D eigenvalue weighted by atomic mass is 35.5. The predicted molar refractivity (Wildman–Crippen MR) is 101 cm³/mol. The van der Waals surface area contributed by atoms with Crippen LogP contribution in [0.2, 0.25) is 10.0 Å². The molecule has 0 aliphatic carbocycles. The van der Waals surface area contributed by atoms with Crippen molar-refractivity contribution < 1.29 is 4.79 Å². The van der Waals surface area contributed by atoms with E-state index in [1.165, 1.54) is 0 Å². The Bertz CT molecular complexity index is 842. The minimum Gasteiger partial charge on any atom is -0.352 e. The summed E-state index contributed by atoms with van der Waals surface area (Å²) in [6.45, 7) is 1.32. The maximum atomic E-state index is 12.2. The largest absolute Gasteiger partial charge is 0.352 e. The van der Waals surface area contributed by atoms with E-state index in [1.807, 2.05) is 36.5 Å². The monoisotopic (exact) mass is 373 g/mol. The normalized spacial score (nSPS) is 10.6. The highest BCUT2D eigenvalue weighted by Gasteiger charge is 2.08. The maximum Gasteiger partial charge on any atom is 0.251 e. The lowest BCUT2D eigenvalue weighted by Gasteiger charge is -2.09. The molecule has 3 rings (SSSR count). The number of imidazole rings is 1. The average molecular weight is 374 g/mol. The smallest absolute Gasteiger partial charge is 0.251 e. The van der Waals surface area contributed by atoms with Crippen molar-refractivity contribution in [2.45, 2.75) is 13.0 Å². The number of carbonyl (C=O) groups excluding carboxylic acids is 1. The zero-order valence-electron chi connectivity index (χ0n) is 13.5. The Labute approximate surface area is 156 Å². The van der Waals surface area contributed by atoms with E-state index in [-0.39, 0.29) is 5.91 Å². The Morgan fingerprint density at radius 2 is 1.80 bits per heavy atom. The van der Waals surface area contributed by atoms with Gasteiger partial charge in [-0.25, -0.2) is 4.98 Å². The third kappa shape index (κ3) is 4.62. The van der Waals surface area contributed by atoms with Crippen molar-refractivity contribution >= 4 is 29.1 Å². The number of nitrogens with one attached hydrogen (secondary N) is 1. The molecule has 0 aliphatic rings. The number of hydrogen-bond donors (Lipinski definition) is 1. The molecule has 2 aromatic carbocycles. The number of carbonyl (C=O) groups is 1. The first kappa shape index (κ1) is 17.5. The summed E-state index contributed by atoms with van der Waals surface area (Å²) in [5, 5.41) is 3.78. The molecule has 4 nitrogen and oxygen atoms in total. The molecule has 0 saturated heterocycles. The average Bonchev–Trinajstić information content (AvgIpc) is 3.07. The molecule has 1 amide bonds. The van der Waals surface area contributed by atoms with Gasteiger partial charge in [0.05, 0.1) is 0 Å². The van der Waals surface area contributed by atoms with Crippen molar-refractivity contribution in [3.63, 3.8) is 0 Å². The van der Waals surface area contributed by atoms with Gasteiger partial charge in [-0.1, -0.05) is 53.5 Å². The van der Waals surface area contributed by atoms with Crippen molar-refractivity contribution in [1.29, 1.82) is 0 Å². The summed E-state index contributed by atoms with van der Waals surface area (Å²) in [7, 11) is 0. The summed E-state index contributed by atoms with van der Waals surface area (Å²) in [6, 6.07) is 14.8. The molecule has 25 heavy (non-hydrogen) atoms. The summed E-state index contributed by atoms with van der Waals surface area (Å²) >= 11 is 11.8. The molecule has 0 saturated carbocycles. The van der Waals surface area contributed by atoms with Gasteiger partial charge in [0, 0.05) is 46.7 Å². The van der Waals surface area contributed by atoms with Gasteiger partial charge in [-0.15, -0.1) is 0 Å². The molecule has 0 aliphatic heterocycles. The topological polar surface area (TPSA) is 46.9 Å². The zero-order valence-corrected chi connectivity index (χ0v) is 15.0. The molecule has 1 N–H and O–H groups in total. The van der Waals surface area contributed by atoms with Crippen LogP contribution in [0.15, 0.2) is 60.9 Å². The van der Waals surface area contributed by atoms with Crippen molar-refractivity contribution in [2.75, 3.05) is 6.54 Å². The maximum absolute atomic E-state index is 12.2. The number of aryl methyl sites for hydroxylation is 1. The molecule has 0 spiro atoms. The van der Waals surface area contributed by atoms with Gasteiger partial charge in [-0.05, 0) is 24.6 Å². The van der Waals surface area contributed by atoms with Gasteiger partial charge in [0.25, 0.3) is 5.91 Å². The molecule has 3 aromatic rings. The summed E-state index contributed by atoms with van der Waals surface area (Å²) in [6.07, 6.45) is 4.52. The number of nitrogens with zero attached hydrogens (tertiary/aromatic N) is 2. The fourth-order valence-corrected chi connectivity index (χ4v) is 3.10. The second-order valence-electron chi connectivity index (χ2n) is 5.58. The van der Waals surface area contributed by atoms with Gasteiger partial charge in [0.15, 0.2) is 0 Å². The Hall–Kier alpha value is -2.30. The standard InChI is InChI=1S/C19H17Cl2N3O/c20-16-11-15(12-17(21)13-16)19(25)23-7-4-9-24-10-8-22-18(24)14-5-2-1-3-6-14/h1-3,5-6,8,10-13H,4,7,9H2,(H,23,25). The molecule has 0 bridgehead atoms. The number of amides is 1.